The minimum Gasteiger partial charge on any atom is -0.462 e. The van der Waals surface area contributed by atoms with Crippen LogP contribution in [-0.2, 0) is 14.3 Å². The molecule has 0 heterocycles. The number of nitrogens with two attached hydrogens (primary N) is 1. The van der Waals surface area contributed by atoms with Crippen molar-refractivity contribution in [3.63, 3.8) is 0 Å². The predicted molar refractivity (Wildman–Crippen MR) is 94.6 cm³/mol. The maximum Gasteiger partial charge on any atom is 0.340 e. The van der Waals surface area contributed by atoms with E-state index in [1.807, 2.05) is 0 Å². The van der Waals surface area contributed by atoms with E-state index in [-0.39, 0.29) is 29.1 Å². The van der Waals surface area contributed by atoms with Gasteiger partial charge in [-0.3, -0.25) is 14.4 Å². The van der Waals surface area contributed by atoms with Crippen molar-refractivity contribution in [2.75, 3.05) is 17.2 Å². The van der Waals surface area contributed by atoms with Gasteiger partial charge < -0.3 is 21.1 Å². The summed E-state index contributed by atoms with van der Waals surface area (Å²) in [5, 5.41) is 4.67. The van der Waals surface area contributed by atoms with Gasteiger partial charge in [0.15, 0.2) is 0 Å². The summed E-state index contributed by atoms with van der Waals surface area (Å²) in [5.41, 5.74) is 5.66. The molecular formula is C18H17N3O5. The normalized spacial score (nSPS) is 9.88. The molecule has 0 saturated carbocycles. The number of carbonyl (C=O) groups excluding carboxylic acids is 4. The van der Waals surface area contributed by atoms with E-state index in [1.54, 1.807) is 31.2 Å². The highest BCUT2D eigenvalue weighted by Gasteiger charge is 2.20. The molecule has 8 nitrogen and oxygen atoms in total. The van der Waals surface area contributed by atoms with Crippen molar-refractivity contribution in [3.8, 4) is 0 Å². The number of hydrogen-bond donors (Lipinski definition) is 3. The number of hydrogen-bond acceptors (Lipinski definition) is 5. The fourth-order valence-electron chi connectivity index (χ4n) is 2.14. The van der Waals surface area contributed by atoms with Gasteiger partial charge in [-0.2, -0.15) is 0 Å². The highest BCUT2D eigenvalue weighted by atomic mass is 16.5. The molecule has 0 aliphatic heterocycles. The topological polar surface area (TPSA) is 128 Å². The molecule has 0 aliphatic carbocycles. The zero-order valence-electron chi connectivity index (χ0n) is 13.9. The van der Waals surface area contributed by atoms with Crippen molar-refractivity contribution in [1.29, 1.82) is 0 Å². The molecule has 0 saturated heterocycles. The maximum atomic E-state index is 12.1. The summed E-state index contributed by atoms with van der Waals surface area (Å²) in [7, 11) is 0. The van der Waals surface area contributed by atoms with E-state index in [2.05, 4.69) is 10.6 Å². The third-order valence-electron chi connectivity index (χ3n) is 3.32. The van der Waals surface area contributed by atoms with Gasteiger partial charge in [0.1, 0.15) is 0 Å². The molecule has 0 fully saturated rings. The first-order valence-corrected chi connectivity index (χ1v) is 7.71. The second-order valence-electron chi connectivity index (χ2n) is 5.08. The standard InChI is InChI=1S/C18H17N3O5/c1-2-26-18(25)12-8-4-6-10-14(12)21-17(24)16(23)20-13-9-5-3-7-11(13)15(19)22/h3-10H,2H2,1H3,(H2,19,22)(H,20,23)(H,21,24). The van der Waals surface area contributed by atoms with Gasteiger partial charge >= 0.3 is 17.8 Å². The SMILES string of the molecule is CCOC(=O)c1ccccc1NC(=O)C(=O)Nc1ccccc1C(N)=O. The Labute approximate surface area is 149 Å². The number of anilines is 2. The summed E-state index contributed by atoms with van der Waals surface area (Å²) >= 11 is 0. The van der Waals surface area contributed by atoms with Crippen molar-refractivity contribution >= 4 is 35.1 Å². The quantitative estimate of drug-likeness (QED) is 0.554. The molecule has 0 spiro atoms. The molecule has 2 aromatic rings. The van der Waals surface area contributed by atoms with Gasteiger partial charge in [0.05, 0.1) is 29.1 Å². The molecule has 0 radical (unpaired) electrons. The summed E-state index contributed by atoms with van der Waals surface area (Å²) < 4.78 is 4.91. The van der Waals surface area contributed by atoms with Gasteiger partial charge in [0.25, 0.3) is 5.91 Å². The Morgan fingerprint density at radius 1 is 0.846 bits per heavy atom. The van der Waals surface area contributed by atoms with Crippen LogP contribution in [0, 0.1) is 0 Å². The fraction of sp³-hybridized carbons (Fsp3) is 0.111. The lowest BCUT2D eigenvalue weighted by Gasteiger charge is -2.11. The smallest absolute Gasteiger partial charge is 0.340 e. The minimum absolute atomic E-state index is 0.0700. The Kier molecular flexibility index (Phi) is 6.05. The van der Waals surface area contributed by atoms with Crippen molar-refractivity contribution in [2.24, 2.45) is 5.73 Å². The Hall–Kier alpha value is -3.68. The van der Waals surface area contributed by atoms with Gasteiger partial charge in [-0.1, -0.05) is 24.3 Å². The van der Waals surface area contributed by atoms with Crippen LogP contribution in [0.1, 0.15) is 27.6 Å². The molecule has 4 N–H and O–H groups in total. The number of primary amides is 1. The van der Waals surface area contributed by atoms with Crippen LogP contribution in [0.3, 0.4) is 0 Å². The van der Waals surface area contributed by atoms with Crippen LogP contribution in [-0.4, -0.2) is 30.3 Å². The first-order valence-electron chi connectivity index (χ1n) is 7.71. The molecule has 2 aromatic carbocycles. The molecule has 8 heteroatoms. The average molecular weight is 355 g/mol. The molecular weight excluding hydrogens is 338 g/mol. The van der Waals surface area contributed by atoms with Crippen LogP contribution in [0.25, 0.3) is 0 Å². The predicted octanol–water partition coefficient (Wildman–Crippen LogP) is 1.54. The lowest BCUT2D eigenvalue weighted by Crippen LogP contribution is -2.30. The lowest BCUT2D eigenvalue weighted by atomic mass is 10.1. The Balaban J connectivity index is 2.15. The third kappa shape index (κ3) is 4.44. The van der Waals surface area contributed by atoms with E-state index >= 15 is 0 Å². The highest BCUT2D eigenvalue weighted by Crippen LogP contribution is 2.17. The highest BCUT2D eigenvalue weighted by molar-refractivity contribution is 6.44. The van der Waals surface area contributed by atoms with Crippen LogP contribution in [0.15, 0.2) is 48.5 Å². The van der Waals surface area contributed by atoms with E-state index in [0.717, 1.165) is 0 Å². The molecule has 0 aliphatic rings. The molecule has 134 valence electrons. The number of para-hydroxylation sites is 2. The van der Waals surface area contributed by atoms with Crippen LogP contribution >= 0.6 is 0 Å². The number of esters is 1. The number of amides is 3. The Bertz CT molecular complexity index is 863. The second kappa shape index (κ2) is 8.43. The number of ether oxygens (including phenoxy) is 1. The molecule has 2 rings (SSSR count). The molecule has 0 bridgehead atoms. The van der Waals surface area contributed by atoms with E-state index in [4.69, 9.17) is 10.5 Å². The van der Waals surface area contributed by atoms with Gasteiger partial charge in [-0.05, 0) is 31.2 Å². The zero-order chi connectivity index (χ0) is 19.1. The Morgan fingerprint density at radius 2 is 1.31 bits per heavy atom. The largest absolute Gasteiger partial charge is 0.462 e. The van der Waals surface area contributed by atoms with Crippen LogP contribution in [0.4, 0.5) is 11.4 Å². The minimum atomic E-state index is -1.02. The fourth-order valence-corrected chi connectivity index (χ4v) is 2.14. The monoisotopic (exact) mass is 355 g/mol. The summed E-state index contributed by atoms with van der Waals surface area (Å²) in [5.74, 6) is -3.39. The van der Waals surface area contributed by atoms with Crippen molar-refractivity contribution in [1.82, 2.24) is 0 Å². The van der Waals surface area contributed by atoms with Gasteiger partial charge in [-0.25, -0.2) is 4.79 Å². The number of rotatable bonds is 5. The summed E-state index contributed by atoms with van der Waals surface area (Å²) in [6.07, 6.45) is 0. The van der Waals surface area contributed by atoms with Crippen LogP contribution in [0.2, 0.25) is 0 Å². The summed E-state index contributed by atoms with van der Waals surface area (Å²) in [6, 6.07) is 12.2. The number of nitrogens with one attached hydrogen (secondary N) is 2. The van der Waals surface area contributed by atoms with Crippen molar-refractivity contribution < 1.29 is 23.9 Å². The second-order valence-corrected chi connectivity index (χ2v) is 5.08. The number of benzene rings is 2. The van der Waals surface area contributed by atoms with Gasteiger partial charge in [-0.15, -0.1) is 0 Å². The van der Waals surface area contributed by atoms with E-state index in [0.29, 0.717) is 0 Å². The average Bonchev–Trinajstić information content (AvgIpc) is 2.62. The molecule has 0 unspecified atom stereocenters. The van der Waals surface area contributed by atoms with Crippen molar-refractivity contribution in [2.45, 2.75) is 6.92 Å². The van der Waals surface area contributed by atoms with Gasteiger partial charge in [0.2, 0.25) is 0 Å². The summed E-state index contributed by atoms with van der Waals surface area (Å²) in [4.78, 5) is 47.5. The molecule has 3 amide bonds. The first-order chi connectivity index (χ1) is 12.4. The maximum absolute atomic E-state index is 12.1. The van der Waals surface area contributed by atoms with E-state index in [9.17, 15) is 19.2 Å². The van der Waals surface area contributed by atoms with Crippen LogP contribution in [0.5, 0.6) is 0 Å². The molecule has 26 heavy (non-hydrogen) atoms. The van der Waals surface area contributed by atoms with Gasteiger partial charge in [0, 0.05) is 0 Å². The van der Waals surface area contributed by atoms with Crippen LogP contribution < -0.4 is 16.4 Å². The zero-order valence-corrected chi connectivity index (χ0v) is 13.9. The lowest BCUT2D eigenvalue weighted by molar-refractivity contribution is -0.133. The summed E-state index contributed by atoms with van der Waals surface area (Å²) in [6.45, 7) is 1.83. The first kappa shape index (κ1) is 18.7. The number of carbonyl (C=O) groups is 4. The van der Waals surface area contributed by atoms with Crippen molar-refractivity contribution in [3.05, 3.63) is 59.7 Å². The Morgan fingerprint density at radius 3 is 1.81 bits per heavy atom. The van der Waals surface area contributed by atoms with E-state index < -0.39 is 23.7 Å². The molecule has 0 atom stereocenters. The third-order valence-corrected chi connectivity index (χ3v) is 3.32. The van der Waals surface area contributed by atoms with E-state index in [1.165, 1.54) is 24.3 Å². The molecule has 0 aromatic heterocycles.